The highest BCUT2D eigenvalue weighted by Gasteiger charge is 2.24. The third-order valence-electron chi connectivity index (χ3n) is 5.02. The second-order valence-corrected chi connectivity index (χ2v) is 8.25. The van der Waals surface area contributed by atoms with Crippen LogP contribution in [0, 0.1) is 13.8 Å². The van der Waals surface area contributed by atoms with Gasteiger partial charge in [-0.25, -0.2) is 4.98 Å². The van der Waals surface area contributed by atoms with Gasteiger partial charge >= 0.3 is 0 Å². The molecule has 0 radical (unpaired) electrons. The second kappa shape index (κ2) is 7.42. The van der Waals surface area contributed by atoms with Crippen LogP contribution in [0.25, 0.3) is 10.2 Å². The number of carbonyl (C=O) groups excluding carboxylic acids is 1. The molecule has 0 aliphatic carbocycles. The van der Waals surface area contributed by atoms with Crippen LogP contribution in [0.5, 0.6) is 11.5 Å². The van der Waals surface area contributed by atoms with Crippen LogP contribution in [0.2, 0.25) is 0 Å². The summed E-state index contributed by atoms with van der Waals surface area (Å²) in [6.45, 7) is 4.58. The molecule has 1 aliphatic heterocycles. The molecule has 0 spiro atoms. The number of thiazole rings is 1. The molecule has 5 rings (SSSR count). The lowest BCUT2D eigenvalue weighted by molar-refractivity contribution is 0.0984. The standard InChI is InChI=1S/C23H19N3O3S/c1-14-5-6-17(15(2)8-14)22(27)26(12-16-4-3-7-24-11-16)23-25-18-9-19-20(29-13-28-19)10-21(18)30-23/h3-11H,12-13H2,1-2H3. The van der Waals surface area contributed by atoms with Crippen molar-refractivity contribution in [3.05, 3.63) is 77.1 Å². The molecule has 0 saturated carbocycles. The Hall–Kier alpha value is -3.45. The molecular weight excluding hydrogens is 398 g/mol. The average Bonchev–Trinajstić information content (AvgIpc) is 3.36. The molecule has 4 aromatic rings. The van der Waals surface area contributed by atoms with Gasteiger partial charge in [0.1, 0.15) is 0 Å². The van der Waals surface area contributed by atoms with Gasteiger partial charge in [-0.2, -0.15) is 0 Å². The van der Waals surface area contributed by atoms with E-state index in [1.165, 1.54) is 11.3 Å². The molecule has 0 N–H and O–H groups in total. The molecule has 0 bridgehead atoms. The van der Waals surface area contributed by atoms with E-state index in [1.54, 1.807) is 17.3 Å². The number of aryl methyl sites for hydroxylation is 2. The van der Waals surface area contributed by atoms with E-state index >= 15 is 0 Å². The summed E-state index contributed by atoms with van der Waals surface area (Å²) in [6.07, 6.45) is 3.49. The van der Waals surface area contributed by atoms with Crippen molar-refractivity contribution in [3.8, 4) is 11.5 Å². The van der Waals surface area contributed by atoms with Crippen molar-refractivity contribution >= 4 is 32.6 Å². The molecule has 30 heavy (non-hydrogen) atoms. The average molecular weight is 417 g/mol. The van der Waals surface area contributed by atoms with Gasteiger partial charge in [-0.05, 0) is 37.1 Å². The molecular formula is C23H19N3O3S. The van der Waals surface area contributed by atoms with Crippen molar-refractivity contribution in [1.82, 2.24) is 9.97 Å². The number of anilines is 1. The Balaban J connectivity index is 1.58. The molecule has 2 aromatic carbocycles. The largest absolute Gasteiger partial charge is 0.454 e. The number of aromatic nitrogens is 2. The smallest absolute Gasteiger partial charge is 0.260 e. The second-order valence-electron chi connectivity index (χ2n) is 7.24. The lowest BCUT2D eigenvalue weighted by Crippen LogP contribution is -2.31. The van der Waals surface area contributed by atoms with Crippen molar-refractivity contribution in [1.29, 1.82) is 0 Å². The summed E-state index contributed by atoms with van der Waals surface area (Å²) in [6, 6.07) is 13.5. The highest BCUT2D eigenvalue weighted by Crippen LogP contribution is 2.40. The lowest BCUT2D eigenvalue weighted by Gasteiger charge is -2.21. The van der Waals surface area contributed by atoms with Crippen LogP contribution in [0.15, 0.2) is 54.9 Å². The first-order valence-corrected chi connectivity index (χ1v) is 10.4. The molecule has 0 saturated heterocycles. The van der Waals surface area contributed by atoms with Gasteiger partial charge < -0.3 is 9.47 Å². The zero-order valence-electron chi connectivity index (χ0n) is 16.6. The summed E-state index contributed by atoms with van der Waals surface area (Å²) < 4.78 is 11.9. The van der Waals surface area contributed by atoms with E-state index in [9.17, 15) is 4.79 Å². The molecule has 3 heterocycles. The Bertz CT molecular complexity index is 1210. The summed E-state index contributed by atoms with van der Waals surface area (Å²) in [7, 11) is 0. The van der Waals surface area contributed by atoms with Crippen LogP contribution < -0.4 is 14.4 Å². The van der Waals surface area contributed by atoms with E-state index < -0.39 is 0 Å². The van der Waals surface area contributed by atoms with Gasteiger partial charge in [0, 0.05) is 30.1 Å². The maximum atomic E-state index is 13.6. The maximum Gasteiger partial charge on any atom is 0.260 e. The topological polar surface area (TPSA) is 64.6 Å². The zero-order chi connectivity index (χ0) is 20.7. The Morgan fingerprint density at radius 2 is 1.97 bits per heavy atom. The summed E-state index contributed by atoms with van der Waals surface area (Å²) in [5, 5.41) is 0.627. The van der Waals surface area contributed by atoms with Crippen molar-refractivity contribution in [2.75, 3.05) is 11.7 Å². The normalized spacial score (nSPS) is 12.3. The Labute approximate surface area is 177 Å². The molecule has 1 amide bonds. The van der Waals surface area contributed by atoms with Crippen LogP contribution in [0.4, 0.5) is 5.13 Å². The maximum absolute atomic E-state index is 13.6. The molecule has 2 aromatic heterocycles. The fraction of sp³-hybridized carbons (Fsp3) is 0.174. The van der Waals surface area contributed by atoms with E-state index in [-0.39, 0.29) is 12.7 Å². The quantitative estimate of drug-likeness (QED) is 0.473. The number of pyridine rings is 1. The number of rotatable bonds is 4. The molecule has 150 valence electrons. The molecule has 1 aliphatic rings. The third kappa shape index (κ3) is 3.37. The first-order chi connectivity index (χ1) is 14.6. The molecule has 0 atom stereocenters. The number of amides is 1. The van der Waals surface area contributed by atoms with Gasteiger partial charge in [-0.3, -0.25) is 14.7 Å². The summed E-state index contributed by atoms with van der Waals surface area (Å²) >= 11 is 1.46. The molecule has 0 unspecified atom stereocenters. The lowest BCUT2D eigenvalue weighted by atomic mass is 10.0. The first kappa shape index (κ1) is 18.6. The van der Waals surface area contributed by atoms with Crippen molar-refractivity contribution < 1.29 is 14.3 Å². The van der Waals surface area contributed by atoms with E-state index in [1.807, 2.05) is 56.3 Å². The fourth-order valence-corrected chi connectivity index (χ4v) is 4.49. The van der Waals surface area contributed by atoms with Crippen LogP contribution in [-0.2, 0) is 6.54 Å². The zero-order valence-corrected chi connectivity index (χ0v) is 17.4. The number of nitrogens with zero attached hydrogens (tertiary/aromatic N) is 3. The highest BCUT2D eigenvalue weighted by atomic mass is 32.1. The minimum Gasteiger partial charge on any atom is -0.454 e. The Kier molecular flexibility index (Phi) is 4.59. The van der Waals surface area contributed by atoms with Gasteiger partial charge in [-0.1, -0.05) is 35.1 Å². The van der Waals surface area contributed by atoms with Gasteiger partial charge in [0.2, 0.25) is 6.79 Å². The molecule has 0 fully saturated rings. The van der Waals surface area contributed by atoms with E-state index in [0.717, 1.165) is 26.9 Å². The van der Waals surface area contributed by atoms with Gasteiger partial charge in [0.25, 0.3) is 5.91 Å². The van der Waals surface area contributed by atoms with Gasteiger partial charge in [0.05, 0.1) is 16.8 Å². The van der Waals surface area contributed by atoms with Crippen molar-refractivity contribution in [3.63, 3.8) is 0 Å². The predicted octanol–water partition coefficient (Wildman–Crippen LogP) is 4.88. The minimum atomic E-state index is -0.0875. The van der Waals surface area contributed by atoms with Crippen LogP contribution >= 0.6 is 11.3 Å². The van der Waals surface area contributed by atoms with Gasteiger partial charge in [0.15, 0.2) is 16.6 Å². The summed E-state index contributed by atoms with van der Waals surface area (Å²) in [5.74, 6) is 1.30. The Morgan fingerprint density at radius 1 is 1.13 bits per heavy atom. The number of fused-ring (bicyclic) bond motifs is 2. The van der Waals surface area contributed by atoms with E-state index in [4.69, 9.17) is 14.5 Å². The monoisotopic (exact) mass is 417 g/mol. The molecule has 7 heteroatoms. The van der Waals surface area contributed by atoms with Crippen LogP contribution in [0.1, 0.15) is 27.0 Å². The van der Waals surface area contributed by atoms with E-state index in [0.29, 0.717) is 28.7 Å². The van der Waals surface area contributed by atoms with Gasteiger partial charge in [-0.15, -0.1) is 0 Å². The van der Waals surface area contributed by atoms with Crippen molar-refractivity contribution in [2.45, 2.75) is 20.4 Å². The Morgan fingerprint density at radius 3 is 2.73 bits per heavy atom. The summed E-state index contributed by atoms with van der Waals surface area (Å²) in [5.41, 5.74) is 4.45. The number of ether oxygens (including phenoxy) is 2. The number of carbonyl (C=O) groups is 1. The number of hydrogen-bond acceptors (Lipinski definition) is 6. The summed E-state index contributed by atoms with van der Waals surface area (Å²) in [4.78, 5) is 24.2. The minimum absolute atomic E-state index is 0.0875. The van der Waals surface area contributed by atoms with Crippen molar-refractivity contribution in [2.24, 2.45) is 0 Å². The van der Waals surface area contributed by atoms with Crippen LogP contribution in [0.3, 0.4) is 0 Å². The molecule has 6 nitrogen and oxygen atoms in total. The third-order valence-corrected chi connectivity index (χ3v) is 6.06. The first-order valence-electron chi connectivity index (χ1n) is 9.57. The fourth-order valence-electron chi connectivity index (χ4n) is 3.52. The predicted molar refractivity (Wildman–Crippen MR) is 116 cm³/mol. The SMILES string of the molecule is Cc1ccc(C(=O)N(Cc2cccnc2)c2nc3cc4c(cc3s2)OCO4)c(C)c1. The van der Waals surface area contributed by atoms with Crippen LogP contribution in [-0.4, -0.2) is 22.7 Å². The highest BCUT2D eigenvalue weighted by molar-refractivity contribution is 7.22. The number of benzene rings is 2. The number of hydrogen-bond donors (Lipinski definition) is 0. The van der Waals surface area contributed by atoms with E-state index in [2.05, 4.69) is 4.98 Å².